The van der Waals surface area contributed by atoms with E-state index >= 15 is 0 Å². The summed E-state index contributed by atoms with van der Waals surface area (Å²) in [7, 11) is 0. The van der Waals surface area contributed by atoms with Gasteiger partial charge in [0.05, 0.1) is 12.2 Å². The molecule has 0 aromatic heterocycles. The van der Waals surface area contributed by atoms with Crippen molar-refractivity contribution in [3.05, 3.63) is 47.5 Å². The first-order valence-electron chi connectivity index (χ1n) is 8.06. The van der Waals surface area contributed by atoms with E-state index in [4.69, 9.17) is 14.6 Å². The molecule has 0 amide bonds. The van der Waals surface area contributed by atoms with Crippen LogP contribution in [-0.4, -0.2) is 40.3 Å². The van der Waals surface area contributed by atoms with Crippen LogP contribution in [0, 0.1) is 0 Å². The summed E-state index contributed by atoms with van der Waals surface area (Å²) in [5.74, 6) is -1.12. The van der Waals surface area contributed by atoms with Gasteiger partial charge >= 0.3 is 5.97 Å². The summed E-state index contributed by atoms with van der Waals surface area (Å²) in [6.45, 7) is 1.72. The van der Waals surface area contributed by atoms with Gasteiger partial charge in [0, 0.05) is 12.5 Å². The lowest BCUT2D eigenvalue weighted by Crippen LogP contribution is -2.09. The number of benzene rings is 2. The van der Waals surface area contributed by atoms with E-state index in [-0.39, 0.29) is 35.0 Å². The second-order valence-electron chi connectivity index (χ2n) is 5.52. The van der Waals surface area contributed by atoms with E-state index in [2.05, 4.69) is 0 Å². The first kappa shape index (κ1) is 19.1. The largest absolute Gasteiger partial charge is 0.507 e. The molecule has 0 unspecified atom stereocenters. The summed E-state index contributed by atoms with van der Waals surface area (Å²) in [6.07, 6.45) is 0.520. The number of phenolic OH excluding ortho intramolecular Hbond substituents is 2. The van der Waals surface area contributed by atoms with Crippen LogP contribution in [0.15, 0.2) is 36.4 Å². The number of ether oxygens (including phenoxy) is 2. The van der Waals surface area contributed by atoms with Crippen LogP contribution in [0.4, 0.5) is 0 Å². The van der Waals surface area contributed by atoms with Crippen molar-refractivity contribution in [3.8, 4) is 23.0 Å². The zero-order chi connectivity index (χ0) is 19.1. The number of aryl methyl sites for hydroxylation is 1. The molecule has 0 aliphatic heterocycles. The van der Waals surface area contributed by atoms with Crippen molar-refractivity contribution in [1.29, 1.82) is 0 Å². The maximum atomic E-state index is 12.3. The highest BCUT2D eigenvalue weighted by atomic mass is 16.5. The fourth-order valence-corrected chi connectivity index (χ4v) is 2.37. The third-order valence-electron chi connectivity index (χ3n) is 3.60. The van der Waals surface area contributed by atoms with Crippen molar-refractivity contribution < 1.29 is 34.4 Å². The minimum atomic E-state index is -1.14. The maximum absolute atomic E-state index is 12.3. The average molecular weight is 360 g/mol. The number of carboxylic acid groups (broad SMARTS) is 1. The van der Waals surface area contributed by atoms with Gasteiger partial charge in [0.25, 0.3) is 0 Å². The molecule has 138 valence electrons. The topological polar surface area (TPSA) is 113 Å². The van der Waals surface area contributed by atoms with Crippen LogP contribution in [0.25, 0.3) is 0 Å². The lowest BCUT2D eigenvalue weighted by molar-refractivity contribution is -0.139. The molecular formula is C19H20O7. The zero-order valence-corrected chi connectivity index (χ0v) is 14.3. The van der Waals surface area contributed by atoms with E-state index in [1.165, 1.54) is 18.2 Å². The molecule has 0 atom stereocenters. The van der Waals surface area contributed by atoms with Crippen molar-refractivity contribution in [2.75, 3.05) is 13.2 Å². The number of phenols is 2. The molecule has 0 aliphatic rings. The number of Topliss-reactive ketones (excluding diaryl/α,β-unsaturated/α-hetero) is 1. The van der Waals surface area contributed by atoms with Gasteiger partial charge in [-0.3, -0.25) is 4.79 Å². The van der Waals surface area contributed by atoms with Crippen molar-refractivity contribution >= 4 is 11.8 Å². The van der Waals surface area contributed by atoms with Crippen LogP contribution in [0.5, 0.6) is 23.0 Å². The van der Waals surface area contributed by atoms with Crippen molar-refractivity contribution in [2.45, 2.75) is 19.8 Å². The fourth-order valence-electron chi connectivity index (χ4n) is 2.37. The predicted molar refractivity (Wildman–Crippen MR) is 93.2 cm³/mol. The number of rotatable bonds is 9. The molecule has 3 N–H and O–H groups in total. The number of ketones is 1. The SMILES string of the molecule is CCOc1ccc(CCC(=O)c2ccc(OCC(=O)O)cc2O)cc1O. The molecule has 0 spiro atoms. The Kier molecular flexibility index (Phi) is 6.43. The number of aliphatic carboxylic acids is 1. The Bertz CT molecular complexity index is 798. The molecule has 0 radical (unpaired) electrons. The van der Waals surface area contributed by atoms with Gasteiger partial charge in [-0.15, -0.1) is 0 Å². The smallest absolute Gasteiger partial charge is 0.341 e. The molecule has 7 nitrogen and oxygen atoms in total. The Morgan fingerprint density at radius 1 is 1.00 bits per heavy atom. The van der Waals surface area contributed by atoms with Gasteiger partial charge in [0.1, 0.15) is 11.5 Å². The standard InChI is InChI=1S/C19H20O7/c1-2-25-18-8-4-12(9-17(18)22)3-7-15(20)14-6-5-13(10-16(14)21)26-11-19(23)24/h4-6,8-10,21-22H,2-3,7,11H2,1H3,(H,23,24). The van der Waals surface area contributed by atoms with Crippen LogP contribution < -0.4 is 9.47 Å². The molecule has 0 saturated heterocycles. The summed E-state index contributed by atoms with van der Waals surface area (Å²) in [6, 6.07) is 8.98. The molecule has 0 fully saturated rings. The third kappa shape index (κ3) is 5.14. The number of carboxylic acids is 1. The highest BCUT2D eigenvalue weighted by Gasteiger charge is 2.13. The molecule has 7 heteroatoms. The number of carbonyl (C=O) groups is 2. The van der Waals surface area contributed by atoms with Gasteiger partial charge in [-0.05, 0) is 43.2 Å². The summed E-state index contributed by atoms with van der Waals surface area (Å²) in [4.78, 5) is 22.8. The summed E-state index contributed by atoms with van der Waals surface area (Å²) in [5.41, 5.74) is 0.892. The number of aromatic hydroxyl groups is 2. The van der Waals surface area contributed by atoms with Gasteiger partial charge < -0.3 is 24.8 Å². The fraction of sp³-hybridized carbons (Fsp3) is 0.263. The van der Waals surface area contributed by atoms with Gasteiger partial charge in [0.15, 0.2) is 23.9 Å². The Labute approximate surface area is 150 Å². The quantitative estimate of drug-likeness (QED) is 0.589. The molecule has 0 saturated carbocycles. The third-order valence-corrected chi connectivity index (χ3v) is 3.60. The van der Waals surface area contributed by atoms with Crippen LogP contribution in [0.2, 0.25) is 0 Å². The second kappa shape index (κ2) is 8.75. The van der Waals surface area contributed by atoms with Gasteiger partial charge in [0.2, 0.25) is 0 Å². The first-order chi connectivity index (χ1) is 12.4. The number of hydrogen-bond acceptors (Lipinski definition) is 6. The van der Waals surface area contributed by atoms with E-state index in [0.717, 1.165) is 5.56 Å². The minimum absolute atomic E-state index is 0.0135. The van der Waals surface area contributed by atoms with Crippen molar-refractivity contribution in [1.82, 2.24) is 0 Å². The summed E-state index contributed by atoms with van der Waals surface area (Å²) in [5, 5.41) is 28.4. The van der Waals surface area contributed by atoms with Crippen LogP contribution in [-0.2, 0) is 11.2 Å². The van der Waals surface area contributed by atoms with E-state index < -0.39 is 12.6 Å². The van der Waals surface area contributed by atoms with E-state index in [0.29, 0.717) is 18.8 Å². The molecule has 2 aromatic carbocycles. The van der Waals surface area contributed by atoms with Gasteiger partial charge in [-0.1, -0.05) is 6.07 Å². The van der Waals surface area contributed by atoms with Crippen LogP contribution >= 0.6 is 0 Å². The highest BCUT2D eigenvalue weighted by Crippen LogP contribution is 2.28. The molecule has 2 rings (SSSR count). The van der Waals surface area contributed by atoms with Crippen molar-refractivity contribution in [3.63, 3.8) is 0 Å². The normalized spacial score (nSPS) is 10.3. The Morgan fingerprint density at radius 2 is 1.77 bits per heavy atom. The van der Waals surface area contributed by atoms with E-state index in [1.807, 2.05) is 6.92 Å². The highest BCUT2D eigenvalue weighted by molar-refractivity contribution is 5.98. The number of carbonyl (C=O) groups excluding carboxylic acids is 1. The van der Waals surface area contributed by atoms with E-state index in [9.17, 15) is 19.8 Å². The molecule has 0 aliphatic carbocycles. The minimum Gasteiger partial charge on any atom is -0.507 e. The van der Waals surface area contributed by atoms with Gasteiger partial charge in [-0.2, -0.15) is 0 Å². The Morgan fingerprint density at radius 3 is 2.38 bits per heavy atom. The zero-order valence-electron chi connectivity index (χ0n) is 14.3. The molecule has 0 heterocycles. The van der Waals surface area contributed by atoms with Crippen LogP contribution in [0.1, 0.15) is 29.3 Å². The monoisotopic (exact) mass is 360 g/mol. The first-order valence-corrected chi connectivity index (χ1v) is 8.06. The van der Waals surface area contributed by atoms with Crippen molar-refractivity contribution in [2.24, 2.45) is 0 Å². The predicted octanol–water partition coefficient (Wildman–Crippen LogP) is 2.78. The van der Waals surface area contributed by atoms with Gasteiger partial charge in [-0.25, -0.2) is 4.79 Å². The molecule has 26 heavy (non-hydrogen) atoms. The second-order valence-corrected chi connectivity index (χ2v) is 5.52. The molecular weight excluding hydrogens is 340 g/mol. The number of hydrogen-bond donors (Lipinski definition) is 3. The molecule has 0 bridgehead atoms. The lowest BCUT2D eigenvalue weighted by atomic mass is 10.0. The summed E-state index contributed by atoms with van der Waals surface area (Å²) >= 11 is 0. The summed E-state index contributed by atoms with van der Waals surface area (Å²) < 4.78 is 10.2. The Balaban J connectivity index is 1.99. The Hall–Kier alpha value is -3.22. The average Bonchev–Trinajstić information content (AvgIpc) is 2.60. The maximum Gasteiger partial charge on any atom is 0.341 e. The lowest BCUT2D eigenvalue weighted by Gasteiger charge is -2.09. The van der Waals surface area contributed by atoms with E-state index in [1.54, 1.807) is 18.2 Å². The molecule has 2 aromatic rings. The van der Waals surface area contributed by atoms with Crippen LogP contribution in [0.3, 0.4) is 0 Å².